The maximum atomic E-state index is 14.2. The summed E-state index contributed by atoms with van der Waals surface area (Å²) in [5.41, 5.74) is 4.69. The van der Waals surface area contributed by atoms with Crippen LogP contribution in [0, 0.1) is 0 Å². The highest BCUT2D eigenvalue weighted by Gasteiger charge is 2.46. The maximum Gasteiger partial charge on any atom is 0.332 e. The minimum atomic E-state index is -1.91. The molecule has 1 aliphatic heterocycles. The van der Waals surface area contributed by atoms with E-state index in [-0.39, 0.29) is 23.7 Å². The Morgan fingerprint density at radius 1 is 1.41 bits per heavy atom. The van der Waals surface area contributed by atoms with E-state index >= 15 is 0 Å². The first kappa shape index (κ1) is 19.3. The number of hydrogen-bond acceptors (Lipinski definition) is 8. The van der Waals surface area contributed by atoms with Gasteiger partial charge in [0, 0.05) is 26.2 Å². The number of alkyl halides is 1. The molecule has 1 fully saturated rings. The molecule has 3 aromatic heterocycles. The average molecular weight is 409 g/mol. The summed E-state index contributed by atoms with van der Waals surface area (Å²) < 4.78 is 23.2. The number of nitrogens with two attached hydrogens (primary N) is 1. The molecular weight excluding hydrogens is 389 g/mol. The van der Waals surface area contributed by atoms with E-state index in [1.54, 1.807) is 24.0 Å². The zero-order chi connectivity index (χ0) is 20.9. The van der Waals surface area contributed by atoms with Crippen LogP contribution in [0.5, 0.6) is 0 Å². The predicted molar refractivity (Wildman–Crippen MR) is 97.8 cm³/mol. The number of imidazole rings is 1. The van der Waals surface area contributed by atoms with Gasteiger partial charge in [0.15, 0.2) is 23.6 Å². The number of aliphatic hydroxyl groups excluding tert-OH is 2. The van der Waals surface area contributed by atoms with E-state index in [0.29, 0.717) is 12.1 Å². The van der Waals surface area contributed by atoms with Crippen LogP contribution in [0.25, 0.3) is 11.2 Å². The molecule has 0 spiro atoms. The Balaban J connectivity index is 1.84. The van der Waals surface area contributed by atoms with Crippen LogP contribution in [0.4, 0.5) is 10.3 Å². The van der Waals surface area contributed by atoms with Crippen molar-refractivity contribution in [3.05, 3.63) is 38.8 Å². The van der Waals surface area contributed by atoms with Crippen molar-refractivity contribution < 1.29 is 19.3 Å². The minimum Gasteiger partial charge on any atom is -0.394 e. The lowest BCUT2D eigenvalue weighted by molar-refractivity contribution is -0.0513. The molecule has 4 rings (SSSR count). The van der Waals surface area contributed by atoms with Crippen molar-refractivity contribution in [2.24, 2.45) is 7.05 Å². The van der Waals surface area contributed by atoms with Gasteiger partial charge in [0.05, 0.1) is 12.3 Å². The Kier molecular flexibility index (Phi) is 4.72. The van der Waals surface area contributed by atoms with Crippen molar-refractivity contribution >= 4 is 17.1 Å². The van der Waals surface area contributed by atoms with Gasteiger partial charge < -0.3 is 20.7 Å². The summed E-state index contributed by atoms with van der Waals surface area (Å²) in [7, 11) is 1.75. The highest BCUT2D eigenvalue weighted by molar-refractivity contribution is 5.71. The van der Waals surface area contributed by atoms with E-state index in [9.17, 15) is 24.2 Å². The zero-order valence-corrected chi connectivity index (χ0v) is 15.4. The topological polar surface area (TPSA) is 166 Å². The first-order valence-corrected chi connectivity index (χ1v) is 8.89. The van der Waals surface area contributed by atoms with Gasteiger partial charge in [0.2, 0.25) is 5.95 Å². The number of aromatic amines is 1. The predicted octanol–water partition coefficient (Wildman–Crippen LogP) is -1.97. The van der Waals surface area contributed by atoms with Crippen LogP contribution in [0.2, 0.25) is 0 Å². The summed E-state index contributed by atoms with van der Waals surface area (Å²) in [6.07, 6.45) is -4.35. The number of anilines is 1. The SMILES string of the molecule is Cn1ccc(CCn2c(=O)n([C@@H]3O[C@H](CO)[C@@H](F)[C@H]3O)c3nc(N)[nH]c(=O)c32)n1. The molecule has 29 heavy (non-hydrogen) atoms. The second-order valence-electron chi connectivity index (χ2n) is 6.84. The molecule has 0 radical (unpaired) electrons. The molecule has 0 unspecified atom stereocenters. The second kappa shape index (κ2) is 7.09. The van der Waals surface area contributed by atoms with Gasteiger partial charge in [0.1, 0.15) is 12.2 Å². The molecule has 0 aromatic carbocycles. The molecule has 156 valence electrons. The molecule has 0 bridgehead atoms. The molecule has 0 aliphatic carbocycles. The van der Waals surface area contributed by atoms with Gasteiger partial charge in [-0.05, 0) is 6.07 Å². The molecule has 0 amide bonds. The van der Waals surface area contributed by atoms with Crippen molar-refractivity contribution in [3.63, 3.8) is 0 Å². The number of fused-ring (bicyclic) bond motifs is 1. The van der Waals surface area contributed by atoms with Crippen LogP contribution in [-0.4, -0.2) is 64.1 Å². The Bertz CT molecular complexity index is 1160. The third-order valence-electron chi connectivity index (χ3n) is 4.91. The lowest BCUT2D eigenvalue weighted by Gasteiger charge is -2.15. The lowest BCUT2D eigenvalue weighted by atomic mass is 10.1. The maximum absolute atomic E-state index is 14.2. The quantitative estimate of drug-likeness (QED) is 0.377. The number of aliphatic hydroxyl groups is 2. The fraction of sp³-hybridized carbons (Fsp3) is 0.500. The number of aromatic nitrogens is 6. The summed E-state index contributed by atoms with van der Waals surface area (Å²) in [6.45, 7) is -0.600. The summed E-state index contributed by atoms with van der Waals surface area (Å²) in [6, 6.07) is 1.77. The number of ether oxygens (including phenoxy) is 1. The molecule has 5 N–H and O–H groups in total. The molecule has 12 nitrogen and oxygen atoms in total. The first-order chi connectivity index (χ1) is 13.8. The lowest BCUT2D eigenvalue weighted by Crippen LogP contribution is -2.34. The Labute approximate surface area is 162 Å². The van der Waals surface area contributed by atoms with Crippen molar-refractivity contribution in [2.45, 2.75) is 37.6 Å². The number of nitrogens with one attached hydrogen (secondary N) is 1. The minimum absolute atomic E-state index is 0.0827. The van der Waals surface area contributed by atoms with Gasteiger partial charge in [-0.15, -0.1) is 0 Å². The summed E-state index contributed by atoms with van der Waals surface area (Å²) >= 11 is 0. The summed E-state index contributed by atoms with van der Waals surface area (Å²) in [5.74, 6) is -0.249. The molecular formula is C16H20FN7O5. The number of halogens is 1. The Hall–Kier alpha value is -3.03. The number of H-pyrrole nitrogens is 1. The number of hydrogen-bond donors (Lipinski definition) is 4. The van der Waals surface area contributed by atoms with Crippen molar-refractivity contribution in [3.8, 4) is 0 Å². The fourth-order valence-electron chi connectivity index (χ4n) is 3.53. The summed E-state index contributed by atoms with van der Waals surface area (Å²) in [4.78, 5) is 31.9. The number of aryl methyl sites for hydroxylation is 3. The van der Waals surface area contributed by atoms with Crippen molar-refractivity contribution in [1.82, 2.24) is 28.9 Å². The van der Waals surface area contributed by atoms with Crippen LogP contribution in [-0.2, 0) is 24.8 Å². The van der Waals surface area contributed by atoms with Gasteiger partial charge in [-0.1, -0.05) is 0 Å². The summed E-state index contributed by atoms with van der Waals surface area (Å²) in [5, 5.41) is 23.7. The number of nitrogens with zero attached hydrogens (tertiary/aromatic N) is 5. The van der Waals surface area contributed by atoms with Crippen LogP contribution in [0.3, 0.4) is 0 Å². The van der Waals surface area contributed by atoms with Gasteiger partial charge in [-0.3, -0.25) is 19.0 Å². The normalized spacial score (nSPS) is 24.6. The highest BCUT2D eigenvalue weighted by atomic mass is 19.1. The molecule has 3 aromatic rings. The Morgan fingerprint density at radius 2 is 2.17 bits per heavy atom. The number of nitrogen functional groups attached to an aromatic ring is 1. The van der Waals surface area contributed by atoms with E-state index in [1.165, 1.54) is 0 Å². The molecule has 13 heteroatoms. The van der Waals surface area contributed by atoms with E-state index in [0.717, 1.165) is 9.13 Å². The van der Waals surface area contributed by atoms with Crippen molar-refractivity contribution in [2.75, 3.05) is 12.3 Å². The van der Waals surface area contributed by atoms with E-state index in [2.05, 4.69) is 15.1 Å². The number of rotatable bonds is 5. The largest absolute Gasteiger partial charge is 0.394 e. The standard InChI is InChI=1S/C16H20FN7O5/c1-22-4-2-7(21-22)3-5-23-10-12(19-15(18)20-13(10)27)24(16(23)28)14-11(26)9(17)8(6-25)29-14/h2,4,8-9,11,14,25-26H,3,5-6H2,1H3,(H3,18,19,20,27)/t8-,9-,11-,14-/m1/s1. The van der Waals surface area contributed by atoms with Crippen LogP contribution >= 0.6 is 0 Å². The van der Waals surface area contributed by atoms with E-state index in [4.69, 9.17) is 10.5 Å². The zero-order valence-electron chi connectivity index (χ0n) is 15.4. The van der Waals surface area contributed by atoms with Gasteiger partial charge in [-0.2, -0.15) is 10.1 Å². The van der Waals surface area contributed by atoms with Crippen LogP contribution in [0.15, 0.2) is 21.9 Å². The average Bonchev–Trinajstić information content (AvgIpc) is 3.29. The monoisotopic (exact) mass is 409 g/mol. The van der Waals surface area contributed by atoms with E-state index in [1.807, 2.05) is 0 Å². The third kappa shape index (κ3) is 3.12. The first-order valence-electron chi connectivity index (χ1n) is 8.89. The van der Waals surface area contributed by atoms with Crippen molar-refractivity contribution in [1.29, 1.82) is 0 Å². The molecule has 1 aliphatic rings. The fourth-order valence-corrected chi connectivity index (χ4v) is 3.53. The van der Waals surface area contributed by atoms with Gasteiger partial charge >= 0.3 is 5.69 Å². The second-order valence-corrected chi connectivity index (χ2v) is 6.84. The van der Waals surface area contributed by atoms with Crippen LogP contribution < -0.4 is 17.0 Å². The third-order valence-corrected chi connectivity index (χ3v) is 4.91. The smallest absolute Gasteiger partial charge is 0.332 e. The molecule has 4 heterocycles. The molecule has 4 atom stereocenters. The molecule has 0 saturated carbocycles. The molecule has 1 saturated heterocycles. The van der Waals surface area contributed by atoms with Crippen LogP contribution in [0.1, 0.15) is 11.9 Å². The highest BCUT2D eigenvalue weighted by Crippen LogP contribution is 2.32. The Morgan fingerprint density at radius 3 is 2.79 bits per heavy atom. The van der Waals surface area contributed by atoms with Gasteiger partial charge in [0.25, 0.3) is 5.56 Å². The van der Waals surface area contributed by atoms with E-state index < -0.39 is 42.5 Å². The van der Waals surface area contributed by atoms with Gasteiger partial charge in [-0.25, -0.2) is 13.8 Å².